The molecule has 1 aromatic carbocycles. The molecule has 3 aliphatic heterocycles. The third-order valence-corrected chi connectivity index (χ3v) is 6.73. The minimum atomic E-state index is -0.618. The topological polar surface area (TPSA) is 74.4 Å². The zero-order valence-electron chi connectivity index (χ0n) is 15.6. The van der Waals surface area contributed by atoms with Crippen LogP contribution in [0.2, 0.25) is 0 Å². The lowest BCUT2D eigenvalue weighted by molar-refractivity contribution is -0.137. The molecule has 2 amide bonds. The third-order valence-electron chi connectivity index (χ3n) is 6.73. The number of nitrogens with one attached hydrogen (secondary N) is 2. The number of hydrogen-bond donors (Lipinski definition) is 2. The van der Waals surface area contributed by atoms with Gasteiger partial charge in [0.15, 0.2) is 0 Å². The highest BCUT2D eigenvalue weighted by Crippen LogP contribution is 2.52. The molecule has 0 unspecified atom stereocenters. The van der Waals surface area contributed by atoms with E-state index >= 15 is 0 Å². The van der Waals surface area contributed by atoms with Gasteiger partial charge >= 0.3 is 0 Å². The Labute approximate surface area is 162 Å². The zero-order valence-corrected chi connectivity index (χ0v) is 15.6. The van der Waals surface area contributed by atoms with Crippen LogP contribution >= 0.6 is 0 Å². The summed E-state index contributed by atoms with van der Waals surface area (Å²) < 4.78 is 6.19. The number of hydrogen-bond acceptors (Lipinski definition) is 3. The van der Waals surface area contributed by atoms with E-state index in [1.807, 2.05) is 35.4 Å². The van der Waals surface area contributed by atoms with Crippen LogP contribution in [-0.4, -0.2) is 52.5 Å². The van der Waals surface area contributed by atoms with Crippen molar-refractivity contribution in [3.8, 4) is 0 Å². The van der Waals surface area contributed by atoms with Gasteiger partial charge in [-0.1, -0.05) is 30.4 Å². The summed E-state index contributed by atoms with van der Waals surface area (Å²) in [5.41, 5.74) is 1.71. The second-order valence-corrected chi connectivity index (χ2v) is 8.55. The van der Waals surface area contributed by atoms with E-state index in [1.54, 1.807) is 0 Å². The Bertz CT molecular complexity index is 1010. The average Bonchev–Trinajstić information content (AvgIpc) is 3.06. The molecule has 4 atom stereocenters. The van der Waals surface area contributed by atoms with E-state index in [-0.39, 0.29) is 23.8 Å². The number of H-pyrrole nitrogens is 1. The van der Waals surface area contributed by atoms with Crippen LogP contribution < -0.4 is 5.32 Å². The first-order valence-electron chi connectivity index (χ1n) is 10.2. The van der Waals surface area contributed by atoms with E-state index in [2.05, 4.69) is 22.4 Å². The maximum Gasteiger partial charge on any atom is 0.230 e. The number of aromatic amines is 1. The van der Waals surface area contributed by atoms with Crippen molar-refractivity contribution in [3.63, 3.8) is 0 Å². The predicted molar refractivity (Wildman–Crippen MR) is 103 cm³/mol. The van der Waals surface area contributed by atoms with Gasteiger partial charge in [-0.05, 0) is 30.9 Å². The quantitative estimate of drug-likeness (QED) is 0.780. The third kappa shape index (κ3) is 2.30. The molecule has 4 aliphatic rings. The first-order valence-corrected chi connectivity index (χ1v) is 10.2. The lowest BCUT2D eigenvalue weighted by Gasteiger charge is -2.23. The molecular weight excluding hydrogens is 354 g/mol. The molecule has 6 heteroatoms. The van der Waals surface area contributed by atoms with E-state index < -0.39 is 11.5 Å². The van der Waals surface area contributed by atoms with Gasteiger partial charge in [0.2, 0.25) is 11.8 Å². The van der Waals surface area contributed by atoms with E-state index in [4.69, 9.17) is 4.74 Å². The van der Waals surface area contributed by atoms with E-state index in [0.29, 0.717) is 19.1 Å². The van der Waals surface area contributed by atoms with Crippen LogP contribution in [0.4, 0.5) is 0 Å². The maximum atomic E-state index is 13.2. The SMILES string of the molecule is O=C(NC1CC1)[C@H]1[C@H]2C(=O)N(CCc3c[nH]c4ccccc34)C[C@@]23C=C[C@H]1O3. The molecule has 144 valence electrons. The minimum Gasteiger partial charge on any atom is -0.361 e. The molecule has 1 aromatic heterocycles. The smallest absolute Gasteiger partial charge is 0.230 e. The van der Waals surface area contributed by atoms with Gasteiger partial charge in [-0.2, -0.15) is 0 Å². The Balaban J connectivity index is 1.21. The Morgan fingerprint density at radius 1 is 1.32 bits per heavy atom. The second-order valence-electron chi connectivity index (χ2n) is 8.55. The van der Waals surface area contributed by atoms with Crippen molar-refractivity contribution < 1.29 is 14.3 Å². The molecule has 3 fully saturated rings. The van der Waals surface area contributed by atoms with Gasteiger partial charge in [0.1, 0.15) is 5.60 Å². The average molecular weight is 377 g/mol. The van der Waals surface area contributed by atoms with Crippen molar-refractivity contribution in [2.75, 3.05) is 13.1 Å². The fraction of sp³-hybridized carbons (Fsp3) is 0.455. The molecule has 1 saturated carbocycles. The highest BCUT2D eigenvalue weighted by molar-refractivity contribution is 5.93. The van der Waals surface area contributed by atoms with Crippen LogP contribution in [0.25, 0.3) is 10.9 Å². The van der Waals surface area contributed by atoms with E-state index in [1.165, 1.54) is 10.9 Å². The lowest BCUT2D eigenvalue weighted by atomic mass is 9.77. The normalized spacial score (nSPS) is 33.1. The van der Waals surface area contributed by atoms with Gasteiger partial charge in [0.25, 0.3) is 0 Å². The molecule has 2 aromatic rings. The predicted octanol–water partition coefficient (Wildman–Crippen LogP) is 1.77. The standard InChI is InChI=1S/C22H23N3O3/c26-20(24-14-5-6-14)18-17-7-9-22(28-17)12-25(21(27)19(18)22)10-8-13-11-23-16-4-2-1-3-15(13)16/h1-4,7,9,11,14,17-19,23H,5-6,8,10,12H2,(H,24,26)/t17-,18-,19+,22+/m1/s1. The number of benzene rings is 1. The highest BCUT2D eigenvalue weighted by Gasteiger charge is 2.66. The number of carbonyl (C=O) groups excluding carboxylic acids is 2. The molecule has 4 heterocycles. The fourth-order valence-corrected chi connectivity index (χ4v) is 5.19. The van der Waals surface area contributed by atoms with Crippen LogP contribution in [0.3, 0.4) is 0 Å². The van der Waals surface area contributed by atoms with Crippen LogP contribution in [0.1, 0.15) is 18.4 Å². The van der Waals surface area contributed by atoms with Crippen LogP contribution in [-0.2, 0) is 20.7 Å². The first-order chi connectivity index (χ1) is 13.6. The van der Waals surface area contributed by atoms with Gasteiger partial charge in [-0.25, -0.2) is 0 Å². The molecule has 28 heavy (non-hydrogen) atoms. The number of fused-ring (bicyclic) bond motifs is 2. The van der Waals surface area contributed by atoms with Crippen LogP contribution in [0.5, 0.6) is 0 Å². The summed E-state index contributed by atoms with van der Waals surface area (Å²) in [6.07, 6.45) is 8.63. The number of rotatable bonds is 5. The van der Waals surface area contributed by atoms with Gasteiger partial charge in [0, 0.05) is 29.7 Å². The van der Waals surface area contributed by atoms with Crippen molar-refractivity contribution in [3.05, 3.63) is 48.2 Å². The van der Waals surface area contributed by atoms with Crippen molar-refractivity contribution >= 4 is 22.7 Å². The first kappa shape index (κ1) is 16.4. The van der Waals surface area contributed by atoms with Gasteiger partial charge in [-0.3, -0.25) is 9.59 Å². The fourth-order valence-electron chi connectivity index (χ4n) is 5.19. The minimum absolute atomic E-state index is 0.0180. The van der Waals surface area contributed by atoms with Crippen molar-refractivity contribution in [1.82, 2.24) is 15.2 Å². The second kappa shape index (κ2) is 5.70. The number of ether oxygens (including phenoxy) is 1. The maximum absolute atomic E-state index is 13.2. The Morgan fingerprint density at radius 3 is 3.04 bits per heavy atom. The van der Waals surface area contributed by atoms with Gasteiger partial charge in [0.05, 0.1) is 24.5 Å². The van der Waals surface area contributed by atoms with Crippen molar-refractivity contribution in [2.45, 2.75) is 37.0 Å². The molecule has 0 radical (unpaired) electrons. The van der Waals surface area contributed by atoms with Crippen LogP contribution in [0, 0.1) is 11.8 Å². The van der Waals surface area contributed by atoms with Crippen LogP contribution in [0.15, 0.2) is 42.6 Å². The largest absolute Gasteiger partial charge is 0.361 e. The monoisotopic (exact) mass is 377 g/mol. The molecule has 6 rings (SSSR count). The summed E-state index contributed by atoms with van der Waals surface area (Å²) in [5.74, 6) is -0.737. The molecule has 6 nitrogen and oxygen atoms in total. The number of amides is 2. The lowest BCUT2D eigenvalue weighted by Crippen LogP contribution is -2.44. The summed E-state index contributed by atoms with van der Waals surface area (Å²) in [6, 6.07) is 8.50. The van der Waals surface area contributed by atoms with E-state index in [0.717, 1.165) is 24.8 Å². The summed E-state index contributed by atoms with van der Waals surface area (Å²) in [7, 11) is 0. The Kier molecular flexibility index (Phi) is 3.33. The van der Waals surface area contributed by atoms with E-state index in [9.17, 15) is 9.59 Å². The molecule has 2 N–H and O–H groups in total. The number of para-hydroxylation sites is 1. The summed E-state index contributed by atoms with van der Waals surface area (Å²) in [6.45, 7) is 1.18. The number of likely N-dealkylation sites (tertiary alicyclic amines) is 1. The molecule has 1 aliphatic carbocycles. The number of carbonyl (C=O) groups is 2. The summed E-state index contributed by atoms with van der Waals surface area (Å²) in [5, 5.41) is 4.27. The summed E-state index contributed by atoms with van der Waals surface area (Å²) in [4.78, 5) is 31.2. The van der Waals surface area contributed by atoms with Gasteiger partial charge < -0.3 is 19.9 Å². The molecule has 2 bridgehead atoms. The molecule has 2 saturated heterocycles. The molecule has 1 spiro atoms. The van der Waals surface area contributed by atoms with Crippen molar-refractivity contribution in [1.29, 1.82) is 0 Å². The van der Waals surface area contributed by atoms with Gasteiger partial charge in [-0.15, -0.1) is 0 Å². The molecular formula is C22H23N3O3. The highest BCUT2D eigenvalue weighted by atomic mass is 16.5. The Hall–Kier alpha value is -2.60. The zero-order chi connectivity index (χ0) is 18.9. The summed E-state index contributed by atoms with van der Waals surface area (Å²) >= 11 is 0. The van der Waals surface area contributed by atoms with Crippen molar-refractivity contribution in [2.24, 2.45) is 11.8 Å². The Morgan fingerprint density at radius 2 is 2.18 bits per heavy atom. The number of nitrogens with zero attached hydrogens (tertiary/aromatic N) is 1. The number of aromatic nitrogens is 1.